The van der Waals surface area contributed by atoms with E-state index in [1.165, 1.54) is 7.11 Å². The molecule has 1 N–H and O–H groups in total. The fraction of sp³-hybridized carbons (Fsp3) is 0.789. The summed E-state index contributed by atoms with van der Waals surface area (Å²) in [6, 6.07) is 0.0873. The highest BCUT2D eigenvalue weighted by atomic mass is 16.6. The molecule has 1 fully saturated rings. The van der Waals surface area contributed by atoms with Gasteiger partial charge in [-0.15, -0.1) is 0 Å². The fourth-order valence-electron chi connectivity index (χ4n) is 2.90. The van der Waals surface area contributed by atoms with E-state index in [2.05, 4.69) is 11.7 Å². The lowest BCUT2D eigenvalue weighted by molar-refractivity contribution is -0.145. The number of aliphatic hydroxyl groups is 1. The molecular formula is C19H33NO5. The Labute approximate surface area is 151 Å². The van der Waals surface area contributed by atoms with E-state index in [1.807, 2.05) is 17.1 Å². The Hall–Kier alpha value is -1.40. The molecule has 0 aromatic rings. The first-order chi connectivity index (χ1) is 12.1. The van der Waals surface area contributed by atoms with Gasteiger partial charge in [0.05, 0.1) is 19.3 Å². The van der Waals surface area contributed by atoms with Crippen LogP contribution >= 0.6 is 0 Å². The van der Waals surface area contributed by atoms with Gasteiger partial charge in [0.15, 0.2) is 0 Å². The van der Waals surface area contributed by atoms with Crippen molar-refractivity contribution < 1.29 is 24.2 Å². The van der Waals surface area contributed by atoms with Gasteiger partial charge in [0.1, 0.15) is 6.61 Å². The van der Waals surface area contributed by atoms with Crippen LogP contribution in [0.5, 0.6) is 0 Å². The molecule has 2 unspecified atom stereocenters. The van der Waals surface area contributed by atoms with Crippen molar-refractivity contribution in [3.05, 3.63) is 12.2 Å². The largest absolute Gasteiger partial charge is 0.467 e. The zero-order valence-electron chi connectivity index (χ0n) is 15.6. The third kappa shape index (κ3) is 9.02. The predicted octanol–water partition coefficient (Wildman–Crippen LogP) is 2.44. The van der Waals surface area contributed by atoms with Gasteiger partial charge in [-0.1, -0.05) is 38.3 Å². The first-order valence-electron chi connectivity index (χ1n) is 9.38. The Morgan fingerprint density at radius 1 is 1.36 bits per heavy atom. The van der Waals surface area contributed by atoms with Crippen molar-refractivity contribution in [1.82, 2.24) is 4.90 Å². The van der Waals surface area contributed by atoms with Gasteiger partial charge in [0.25, 0.3) is 0 Å². The number of hydrogen-bond acceptors (Lipinski definition) is 5. The van der Waals surface area contributed by atoms with E-state index in [1.54, 1.807) is 0 Å². The number of hydrogen-bond donors (Lipinski definition) is 1. The molecule has 1 rings (SSSR count). The lowest BCUT2D eigenvalue weighted by atomic mass is 10.1. The number of amides is 1. The van der Waals surface area contributed by atoms with E-state index in [4.69, 9.17) is 4.74 Å². The van der Waals surface area contributed by atoms with Gasteiger partial charge in [0.2, 0.25) is 5.91 Å². The maximum absolute atomic E-state index is 12.0. The SMILES string of the molecule is CCCCCC(O)/C=C/C1CCC(=O)N1CCCCOCC(=O)OC. The summed E-state index contributed by atoms with van der Waals surface area (Å²) in [6.45, 7) is 3.28. The number of carbonyl (C=O) groups excluding carboxylic acids is 2. The molecule has 1 aliphatic rings. The minimum atomic E-state index is -0.421. The van der Waals surface area contributed by atoms with E-state index in [0.29, 0.717) is 19.6 Å². The Kier molecular flexibility index (Phi) is 11.2. The van der Waals surface area contributed by atoms with Crippen LogP contribution in [0.25, 0.3) is 0 Å². The smallest absolute Gasteiger partial charge is 0.331 e. The van der Waals surface area contributed by atoms with E-state index < -0.39 is 6.10 Å². The Morgan fingerprint density at radius 3 is 2.88 bits per heavy atom. The zero-order valence-corrected chi connectivity index (χ0v) is 15.6. The maximum Gasteiger partial charge on any atom is 0.331 e. The molecular weight excluding hydrogens is 322 g/mol. The summed E-state index contributed by atoms with van der Waals surface area (Å²) >= 11 is 0. The highest BCUT2D eigenvalue weighted by Crippen LogP contribution is 2.21. The first kappa shape index (κ1) is 21.6. The molecule has 25 heavy (non-hydrogen) atoms. The highest BCUT2D eigenvalue weighted by Gasteiger charge is 2.28. The number of ether oxygens (including phenoxy) is 2. The summed E-state index contributed by atoms with van der Waals surface area (Å²) in [5.74, 6) is -0.206. The lowest BCUT2D eigenvalue weighted by Crippen LogP contribution is -2.33. The third-order valence-corrected chi connectivity index (χ3v) is 4.42. The zero-order chi connectivity index (χ0) is 18.5. The molecule has 0 radical (unpaired) electrons. The number of esters is 1. The Bertz CT molecular complexity index is 424. The summed E-state index contributed by atoms with van der Waals surface area (Å²) in [5, 5.41) is 9.98. The van der Waals surface area contributed by atoms with E-state index in [9.17, 15) is 14.7 Å². The van der Waals surface area contributed by atoms with Crippen LogP contribution in [0.4, 0.5) is 0 Å². The monoisotopic (exact) mass is 355 g/mol. The van der Waals surface area contributed by atoms with Crippen LogP contribution in [-0.4, -0.2) is 60.9 Å². The minimum Gasteiger partial charge on any atom is -0.467 e. The molecule has 0 aromatic carbocycles. The van der Waals surface area contributed by atoms with Gasteiger partial charge in [-0.05, 0) is 25.7 Å². The molecule has 2 atom stereocenters. The van der Waals surface area contributed by atoms with Crippen molar-refractivity contribution in [2.75, 3.05) is 26.9 Å². The Morgan fingerprint density at radius 2 is 2.16 bits per heavy atom. The third-order valence-electron chi connectivity index (χ3n) is 4.42. The van der Waals surface area contributed by atoms with Crippen molar-refractivity contribution in [3.8, 4) is 0 Å². The second-order valence-electron chi connectivity index (χ2n) is 6.48. The predicted molar refractivity (Wildman–Crippen MR) is 96.1 cm³/mol. The molecule has 1 saturated heterocycles. The molecule has 1 aliphatic heterocycles. The fourth-order valence-corrected chi connectivity index (χ4v) is 2.90. The summed E-state index contributed by atoms with van der Waals surface area (Å²) in [4.78, 5) is 24.8. The van der Waals surface area contributed by atoms with Crippen molar-refractivity contribution in [1.29, 1.82) is 0 Å². The van der Waals surface area contributed by atoms with Crippen LogP contribution in [0.2, 0.25) is 0 Å². The number of likely N-dealkylation sites (tertiary alicyclic amines) is 1. The molecule has 6 nitrogen and oxygen atoms in total. The van der Waals surface area contributed by atoms with Crippen molar-refractivity contribution in [2.45, 2.75) is 70.4 Å². The number of nitrogens with zero attached hydrogens (tertiary/aromatic N) is 1. The molecule has 1 heterocycles. The second-order valence-corrected chi connectivity index (χ2v) is 6.48. The van der Waals surface area contributed by atoms with Crippen LogP contribution in [0, 0.1) is 0 Å². The summed E-state index contributed by atoms with van der Waals surface area (Å²) in [5.41, 5.74) is 0. The Balaban J connectivity index is 2.26. The number of methoxy groups -OCH3 is 1. The lowest BCUT2D eigenvalue weighted by Gasteiger charge is -2.22. The van der Waals surface area contributed by atoms with Crippen molar-refractivity contribution in [2.24, 2.45) is 0 Å². The minimum absolute atomic E-state index is 0.0274. The van der Waals surface area contributed by atoms with E-state index in [-0.39, 0.29) is 24.5 Å². The maximum atomic E-state index is 12.0. The molecule has 0 aromatic heterocycles. The molecule has 0 aliphatic carbocycles. The quantitative estimate of drug-likeness (QED) is 0.312. The van der Waals surface area contributed by atoms with Gasteiger partial charge in [-0.25, -0.2) is 4.79 Å². The van der Waals surface area contributed by atoms with Gasteiger partial charge in [-0.3, -0.25) is 4.79 Å². The average Bonchev–Trinajstić information content (AvgIpc) is 2.96. The number of aliphatic hydroxyl groups excluding tert-OH is 1. The van der Waals surface area contributed by atoms with Gasteiger partial charge in [-0.2, -0.15) is 0 Å². The molecule has 0 bridgehead atoms. The molecule has 6 heteroatoms. The van der Waals surface area contributed by atoms with Gasteiger partial charge < -0.3 is 19.5 Å². The normalized spacial score (nSPS) is 18.9. The van der Waals surface area contributed by atoms with Crippen LogP contribution < -0.4 is 0 Å². The molecule has 1 amide bonds. The van der Waals surface area contributed by atoms with Crippen LogP contribution in [0.1, 0.15) is 58.3 Å². The number of rotatable bonds is 13. The standard InChI is InChI=1S/C19H33NO5/c1-3-4-5-8-17(21)11-9-16-10-12-18(22)20(16)13-6-7-14-25-15-19(23)24-2/h9,11,16-17,21H,3-8,10,12-15H2,1-2H3/b11-9+. The number of unbranched alkanes of at least 4 members (excludes halogenated alkanes) is 3. The second kappa shape index (κ2) is 12.9. The van der Waals surface area contributed by atoms with Gasteiger partial charge >= 0.3 is 5.97 Å². The molecule has 0 saturated carbocycles. The topological polar surface area (TPSA) is 76.1 Å². The van der Waals surface area contributed by atoms with Crippen molar-refractivity contribution in [3.63, 3.8) is 0 Å². The highest BCUT2D eigenvalue weighted by molar-refractivity contribution is 5.79. The van der Waals surface area contributed by atoms with Crippen LogP contribution in [0.15, 0.2) is 12.2 Å². The summed E-state index contributed by atoms with van der Waals surface area (Å²) in [6.07, 6.45) is 10.5. The summed E-state index contributed by atoms with van der Waals surface area (Å²) < 4.78 is 9.70. The summed E-state index contributed by atoms with van der Waals surface area (Å²) in [7, 11) is 1.33. The first-order valence-corrected chi connectivity index (χ1v) is 9.38. The van der Waals surface area contributed by atoms with Crippen LogP contribution in [-0.2, 0) is 19.1 Å². The molecule has 0 spiro atoms. The van der Waals surface area contributed by atoms with Crippen molar-refractivity contribution >= 4 is 11.9 Å². The van der Waals surface area contributed by atoms with E-state index in [0.717, 1.165) is 44.9 Å². The number of carbonyl (C=O) groups is 2. The molecule has 144 valence electrons. The average molecular weight is 355 g/mol. The van der Waals surface area contributed by atoms with Gasteiger partial charge in [0, 0.05) is 19.6 Å². The van der Waals surface area contributed by atoms with E-state index >= 15 is 0 Å². The van der Waals surface area contributed by atoms with Crippen LogP contribution in [0.3, 0.4) is 0 Å².